The van der Waals surface area contributed by atoms with Gasteiger partial charge in [-0.3, -0.25) is 0 Å². The lowest BCUT2D eigenvalue weighted by molar-refractivity contribution is -0.130. The molecule has 5 heteroatoms. The number of hydrogen-bond acceptors (Lipinski definition) is 5. The van der Waals surface area contributed by atoms with Crippen LogP contribution in [0.4, 0.5) is 0 Å². The summed E-state index contributed by atoms with van der Waals surface area (Å²) in [6, 6.07) is 0. The van der Waals surface area contributed by atoms with Crippen LogP contribution in [0.3, 0.4) is 0 Å². The summed E-state index contributed by atoms with van der Waals surface area (Å²) in [5.74, 6) is 2.25. The molecule has 0 saturated carbocycles. The number of allylic oxidation sites excluding steroid dienone is 1. The van der Waals surface area contributed by atoms with E-state index in [1.54, 1.807) is 7.11 Å². The molecule has 3 nitrogen and oxygen atoms in total. The van der Waals surface area contributed by atoms with Crippen LogP contribution in [0.2, 0.25) is 0 Å². The Kier molecular flexibility index (Phi) is 8.83. The van der Waals surface area contributed by atoms with E-state index in [0.717, 1.165) is 17.9 Å². The zero-order valence-electron chi connectivity index (χ0n) is 14.5. The van der Waals surface area contributed by atoms with Gasteiger partial charge in [-0.05, 0) is 30.8 Å². The Labute approximate surface area is 150 Å². The minimum Gasteiger partial charge on any atom is -0.387 e. The van der Waals surface area contributed by atoms with Gasteiger partial charge < -0.3 is 14.6 Å². The lowest BCUT2D eigenvalue weighted by atomic mass is 10.00. The van der Waals surface area contributed by atoms with Gasteiger partial charge in [-0.15, -0.1) is 23.5 Å². The van der Waals surface area contributed by atoms with Crippen molar-refractivity contribution in [2.75, 3.05) is 25.2 Å². The molecule has 2 aliphatic heterocycles. The molecule has 0 aromatic rings. The molecule has 0 aromatic heterocycles. The molecule has 0 radical (unpaired) electrons. The van der Waals surface area contributed by atoms with Gasteiger partial charge in [-0.1, -0.05) is 44.8 Å². The highest BCUT2D eigenvalue weighted by atomic mass is 32.2. The summed E-state index contributed by atoms with van der Waals surface area (Å²) in [7, 11) is 1.71. The van der Waals surface area contributed by atoms with E-state index in [1.165, 1.54) is 38.5 Å². The summed E-state index contributed by atoms with van der Waals surface area (Å²) < 4.78 is 11.6. The van der Waals surface area contributed by atoms with Crippen molar-refractivity contribution in [1.82, 2.24) is 0 Å². The topological polar surface area (TPSA) is 38.7 Å². The van der Waals surface area contributed by atoms with Gasteiger partial charge in [0.05, 0.1) is 6.61 Å². The maximum Gasteiger partial charge on any atom is 0.113 e. The maximum atomic E-state index is 10.7. The highest BCUT2D eigenvalue weighted by molar-refractivity contribution is 8.18. The van der Waals surface area contributed by atoms with Crippen LogP contribution in [-0.4, -0.2) is 52.7 Å². The second kappa shape index (κ2) is 10.3. The van der Waals surface area contributed by atoms with Crippen molar-refractivity contribution < 1.29 is 14.6 Å². The van der Waals surface area contributed by atoms with Crippen LogP contribution in [0.1, 0.15) is 51.9 Å². The number of aliphatic hydroxyl groups excluding tert-OH is 1. The first-order valence-electron chi connectivity index (χ1n) is 9.00. The first kappa shape index (κ1) is 19.6. The number of methoxy groups -OCH3 is 1. The van der Waals surface area contributed by atoms with Gasteiger partial charge in [-0.2, -0.15) is 0 Å². The van der Waals surface area contributed by atoms with Gasteiger partial charge in [0.25, 0.3) is 0 Å². The number of aliphatic hydroxyl groups is 1. The van der Waals surface area contributed by atoms with E-state index in [1.807, 2.05) is 29.6 Å². The van der Waals surface area contributed by atoms with E-state index < -0.39 is 6.10 Å². The van der Waals surface area contributed by atoms with E-state index in [0.29, 0.717) is 6.61 Å². The largest absolute Gasteiger partial charge is 0.387 e. The quantitative estimate of drug-likeness (QED) is 0.518. The molecule has 134 valence electrons. The Morgan fingerprint density at radius 3 is 2.65 bits per heavy atom. The smallest absolute Gasteiger partial charge is 0.113 e. The molecule has 2 aliphatic rings. The second-order valence-corrected chi connectivity index (χ2v) is 9.53. The molecular weight excluding hydrogens is 328 g/mol. The van der Waals surface area contributed by atoms with Crippen LogP contribution in [0.5, 0.6) is 0 Å². The highest BCUT2D eigenvalue weighted by Crippen LogP contribution is 2.49. The Morgan fingerprint density at radius 1 is 1.22 bits per heavy atom. The third-order valence-electron chi connectivity index (χ3n) is 4.59. The fourth-order valence-corrected chi connectivity index (χ4v) is 6.64. The van der Waals surface area contributed by atoms with Crippen molar-refractivity contribution in [2.45, 2.75) is 74.3 Å². The third kappa shape index (κ3) is 5.40. The van der Waals surface area contributed by atoms with E-state index in [9.17, 15) is 5.11 Å². The zero-order valence-corrected chi connectivity index (χ0v) is 16.2. The number of thioether (sulfide) groups is 2. The fourth-order valence-electron chi connectivity index (χ4n) is 3.25. The minimum atomic E-state index is -0.580. The van der Waals surface area contributed by atoms with Gasteiger partial charge >= 0.3 is 0 Å². The average molecular weight is 361 g/mol. The summed E-state index contributed by atoms with van der Waals surface area (Å²) in [4.78, 5) is 0. The average Bonchev–Trinajstić information content (AvgIpc) is 2.57. The Bertz CT molecular complexity index is 356. The summed E-state index contributed by atoms with van der Waals surface area (Å²) in [5, 5.41) is 10.7. The molecule has 2 fully saturated rings. The summed E-state index contributed by atoms with van der Waals surface area (Å²) in [6.45, 7) is 2.90. The summed E-state index contributed by atoms with van der Waals surface area (Å²) in [5.41, 5.74) is 0. The highest BCUT2D eigenvalue weighted by Gasteiger charge is 2.51. The van der Waals surface area contributed by atoms with Crippen LogP contribution in [0.15, 0.2) is 12.2 Å². The van der Waals surface area contributed by atoms with Crippen LogP contribution < -0.4 is 0 Å². The predicted octanol–water partition coefficient (Wildman–Crippen LogP) is 4.24. The molecule has 0 amide bonds. The maximum absolute atomic E-state index is 10.7. The normalized spacial score (nSPS) is 31.0. The van der Waals surface area contributed by atoms with Crippen molar-refractivity contribution in [3.05, 3.63) is 12.2 Å². The number of ether oxygens (including phenoxy) is 2. The summed E-state index contributed by atoms with van der Waals surface area (Å²) in [6.07, 6.45) is 12.0. The SMILES string of the molecule is CCCCCCC/C=C/[C@@H]1OCC2(SCCCS2)[C@H](OC)[C@@H]1O. The van der Waals surface area contributed by atoms with Gasteiger partial charge in [-0.25, -0.2) is 0 Å². The summed E-state index contributed by atoms with van der Waals surface area (Å²) >= 11 is 3.79. The zero-order chi connectivity index (χ0) is 16.5. The molecule has 23 heavy (non-hydrogen) atoms. The molecular formula is C18H32O3S2. The molecule has 2 rings (SSSR count). The molecule has 1 N–H and O–H groups in total. The van der Waals surface area contributed by atoms with E-state index in [4.69, 9.17) is 9.47 Å². The lowest BCUT2D eigenvalue weighted by Crippen LogP contribution is -2.59. The monoisotopic (exact) mass is 360 g/mol. The van der Waals surface area contributed by atoms with Gasteiger partial charge in [0.1, 0.15) is 22.4 Å². The van der Waals surface area contributed by atoms with Crippen molar-refractivity contribution in [2.24, 2.45) is 0 Å². The molecule has 0 unspecified atom stereocenters. The van der Waals surface area contributed by atoms with E-state index >= 15 is 0 Å². The number of rotatable bonds is 8. The number of hydrogen-bond donors (Lipinski definition) is 1. The lowest BCUT2D eigenvalue weighted by Gasteiger charge is -2.48. The number of unbranched alkanes of at least 4 members (excludes halogenated alkanes) is 5. The van der Waals surface area contributed by atoms with Crippen molar-refractivity contribution >= 4 is 23.5 Å². The van der Waals surface area contributed by atoms with Crippen molar-refractivity contribution in [1.29, 1.82) is 0 Å². The first-order valence-corrected chi connectivity index (χ1v) is 11.0. The van der Waals surface area contributed by atoms with Crippen molar-refractivity contribution in [3.63, 3.8) is 0 Å². The van der Waals surface area contributed by atoms with E-state index in [-0.39, 0.29) is 16.3 Å². The predicted molar refractivity (Wildman–Crippen MR) is 101 cm³/mol. The molecule has 0 bridgehead atoms. The van der Waals surface area contributed by atoms with Crippen LogP contribution in [-0.2, 0) is 9.47 Å². The van der Waals surface area contributed by atoms with Gasteiger partial charge in [0, 0.05) is 7.11 Å². The first-order chi connectivity index (χ1) is 11.2. The van der Waals surface area contributed by atoms with Gasteiger partial charge in [0.15, 0.2) is 0 Å². The molecule has 0 aliphatic carbocycles. The molecule has 1 spiro atoms. The fraction of sp³-hybridized carbons (Fsp3) is 0.889. The van der Waals surface area contributed by atoms with Crippen LogP contribution >= 0.6 is 23.5 Å². The van der Waals surface area contributed by atoms with Crippen molar-refractivity contribution in [3.8, 4) is 0 Å². The van der Waals surface area contributed by atoms with Crippen LogP contribution in [0, 0.1) is 0 Å². The minimum absolute atomic E-state index is 0.128. The standard InChI is InChI=1S/C18H32O3S2/c1-3-4-5-6-7-8-9-11-15-16(19)17(20-2)18(14-21-15)22-12-10-13-23-18/h9,11,15-17,19H,3-8,10,12-14H2,1-2H3/b11-9+/t15-,16+,17+/m0/s1. The van der Waals surface area contributed by atoms with Gasteiger partial charge in [0.2, 0.25) is 0 Å². The Morgan fingerprint density at radius 2 is 1.96 bits per heavy atom. The van der Waals surface area contributed by atoms with E-state index in [2.05, 4.69) is 13.0 Å². The Balaban J connectivity index is 1.81. The van der Waals surface area contributed by atoms with Crippen LogP contribution in [0.25, 0.3) is 0 Å². The molecule has 2 saturated heterocycles. The second-order valence-electron chi connectivity index (χ2n) is 6.42. The molecule has 2 heterocycles. The molecule has 0 aromatic carbocycles. The third-order valence-corrected chi connectivity index (χ3v) is 7.96. The molecule has 3 atom stereocenters. The Hall–Kier alpha value is 0.320.